The van der Waals surface area contributed by atoms with Crippen LogP contribution in [-0.2, 0) is 14.3 Å². The quantitative estimate of drug-likeness (QED) is 0.758. The van der Waals surface area contributed by atoms with Crippen LogP contribution in [0.3, 0.4) is 0 Å². The normalized spacial score (nSPS) is 27.0. The fraction of sp³-hybridized carbons (Fsp3) is 0.857. The molecule has 0 bridgehead atoms. The Balaban J connectivity index is 1.81. The number of ether oxygens (including phenoxy) is 1. The first-order valence-corrected chi connectivity index (χ1v) is 8.66. The summed E-state index contributed by atoms with van der Waals surface area (Å²) in [7, 11) is 0. The van der Waals surface area contributed by atoms with Crippen molar-refractivity contribution in [1.29, 1.82) is 0 Å². The van der Waals surface area contributed by atoms with Gasteiger partial charge in [0.15, 0.2) is 0 Å². The third kappa shape index (κ3) is 4.34. The lowest BCUT2D eigenvalue weighted by Crippen LogP contribution is -2.45. The molecular formula is C14H24N2O4S. The molecule has 0 spiro atoms. The molecule has 0 aromatic heterocycles. The number of piperidine rings is 1. The summed E-state index contributed by atoms with van der Waals surface area (Å²) in [5.41, 5.74) is 0. The molecule has 2 unspecified atom stereocenters. The number of carboxylic acid groups (broad SMARTS) is 1. The van der Waals surface area contributed by atoms with Crippen molar-refractivity contribution in [2.24, 2.45) is 0 Å². The predicted octanol–water partition coefficient (Wildman–Crippen LogP) is 0.910. The molecule has 0 radical (unpaired) electrons. The van der Waals surface area contributed by atoms with Crippen LogP contribution < -0.4 is 5.32 Å². The van der Waals surface area contributed by atoms with Crippen molar-refractivity contribution in [3.8, 4) is 0 Å². The van der Waals surface area contributed by atoms with Crippen molar-refractivity contribution in [2.75, 3.05) is 25.4 Å². The summed E-state index contributed by atoms with van der Waals surface area (Å²) in [4.78, 5) is 25.1. The topological polar surface area (TPSA) is 78.9 Å². The number of rotatable bonds is 6. The van der Waals surface area contributed by atoms with Gasteiger partial charge in [-0.25, -0.2) is 4.79 Å². The summed E-state index contributed by atoms with van der Waals surface area (Å²) in [6, 6.07) is -0.689. The van der Waals surface area contributed by atoms with E-state index in [2.05, 4.69) is 5.32 Å². The van der Waals surface area contributed by atoms with Crippen LogP contribution in [0, 0.1) is 0 Å². The average molecular weight is 316 g/mol. The van der Waals surface area contributed by atoms with Gasteiger partial charge in [0.1, 0.15) is 6.04 Å². The van der Waals surface area contributed by atoms with Gasteiger partial charge in [0, 0.05) is 5.75 Å². The highest BCUT2D eigenvalue weighted by Gasteiger charge is 2.40. The molecule has 6 nitrogen and oxygen atoms in total. The predicted molar refractivity (Wildman–Crippen MR) is 81.3 cm³/mol. The molecule has 7 heteroatoms. The van der Waals surface area contributed by atoms with Crippen molar-refractivity contribution in [2.45, 2.75) is 50.1 Å². The monoisotopic (exact) mass is 316 g/mol. The van der Waals surface area contributed by atoms with Crippen LogP contribution in [0.5, 0.6) is 0 Å². The van der Waals surface area contributed by atoms with E-state index < -0.39 is 12.0 Å². The molecule has 2 saturated heterocycles. The van der Waals surface area contributed by atoms with Crippen LogP contribution >= 0.6 is 11.8 Å². The van der Waals surface area contributed by atoms with E-state index in [9.17, 15) is 14.7 Å². The molecule has 2 aliphatic heterocycles. The molecular weight excluding hydrogens is 292 g/mol. The van der Waals surface area contributed by atoms with Gasteiger partial charge in [-0.2, -0.15) is 0 Å². The molecule has 2 heterocycles. The number of thioether (sulfide) groups is 1. The molecule has 2 aliphatic rings. The maximum atomic E-state index is 12.3. The highest BCUT2D eigenvalue weighted by molar-refractivity contribution is 8.00. The Kier molecular flexibility index (Phi) is 6.32. The second-order valence-corrected chi connectivity index (χ2v) is 6.63. The molecule has 1 amide bonds. The molecule has 2 fully saturated rings. The number of nitrogens with zero attached hydrogens (tertiary/aromatic N) is 1. The Hall–Kier alpha value is -0.790. The van der Waals surface area contributed by atoms with Gasteiger partial charge in [-0.1, -0.05) is 6.92 Å². The zero-order valence-corrected chi connectivity index (χ0v) is 13.2. The van der Waals surface area contributed by atoms with E-state index in [1.807, 2.05) is 6.92 Å². The molecule has 2 N–H and O–H groups in total. The molecule has 2 atom stereocenters. The number of carbonyl (C=O) groups is 2. The Bertz CT molecular complexity index is 374. The molecule has 120 valence electrons. The molecule has 0 aromatic carbocycles. The van der Waals surface area contributed by atoms with E-state index in [0.29, 0.717) is 12.4 Å². The SMILES string of the molecule is CCC1SCC(C(=O)O)N1C(=O)CCOC1CCNCC1. The standard InChI is InChI=1S/C14H24N2O4S/c1-2-13-16(11(9-21-13)14(18)19)12(17)5-8-20-10-3-6-15-7-4-10/h10-11,13,15H,2-9H2,1H3,(H,18,19). The van der Waals surface area contributed by atoms with Crippen molar-refractivity contribution in [3.05, 3.63) is 0 Å². The lowest BCUT2D eigenvalue weighted by molar-refractivity contribution is -0.149. The number of carboxylic acids is 1. The minimum absolute atomic E-state index is 0.0162. The second kappa shape index (κ2) is 8.00. The van der Waals surface area contributed by atoms with Crippen molar-refractivity contribution in [3.63, 3.8) is 0 Å². The molecule has 2 rings (SSSR count). The van der Waals surface area contributed by atoms with E-state index in [1.54, 1.807) is 16.7 Å². The Labute approximate surface area is 129 Å². The minimum Gasteiger partial charge on any atom is -0.480 e. The minimum atomic E-state index is -0.911. The first-order valence-electron chi connectivity index (χ1n) is 7.61. The van der Waals surface area contributed by atoms with E-state index in [-0.39, 0.29) is 23.8 Å². The van der Waals surface area contributed by atoms with Gasteiger partial charge >= 0.3 is 5.97 Å². The summed E-state index contributed by atoms with van der Waals surface area (Å²) in [5.74, 6) is -0.534. The summed E-state index contributed by atoms with van der Waals surface area (Å²) in [6.45, 7) is 4.28. The molecule has 0 aromatic rings. The smallest absolute Gasteiger partial charge is 0.327 e. The van der Waals surface area contributed by atoms with Crippen LogP contribution in [0.15, 0.2) is 0 Å². The van der Waals surface area contributed by atoms with Crippen LogP contribution in [0.1, 0.15) is 32.6 Å². The highest BCUT2D eigenvalue weighted by atomic mass is 32.2. The van der Waals surface area contributed by atoms with E-state index >= 15 is 0 Å². The highest BCUT2D eigenvalue weighted by Crippen LogP contribution is 2.31. The van der Waals surface area contributed by atoms with Gasteiger partial charge in [-0.05, 0) is 32.4 Å². The fourth-order valence-electron chi connectivity index (χ4n) is 2.81. The maximum Gasteiger partial charge on any atom is 0.327 e. The number of nitrogens with one attached hydrogen (secondary N) is 1. The van der Waals surface area contributed by atoms with Crippen molar-refractivity contribution >= 4 is 23.6 Å². The van der Waals surface area contributed by atoms with Gasteiger partial charge in [0.2, 0.25) is 5.91 Å². The first-order chi connectivity index (χ1) is 10.1. The maximum absolute atomic E-state index is 12.3. The van der Waals surface area contributed by atoms with Gasteiger partial charge in [0.05, 0.1) is 24.5 Å². The summed E-state index contributed by atoms with van der Waals surface area (Å²) in [6.07, 6.45) is 3.22. The third-order valence-electron chi connectivity index (χ3n) is 3.97. The Morgan fingerprint density at radius 3 is 2.71 bits per heavy atom. The second-order valence-electron chi connectivity index (χ2n) is 5.42. The lowest BCUT2D eigenvalue weighted by atomic mass is 10.1. The Morgan fingerprint density at radius 2 is 2.10 bits per heavy atom. The van der Waals surface area contributed by atoms with Gasteiger partial charge in [-0.3, -0.25) is 4.79 Å². The van der Waals surface area contributed by atoms with Gasteiger partial charge < -0.3 is 20.1 Å². The number of hydrogen-bond acceptors (Lipinski definition) is 5. The number of aliphatic carboxylic acids is 1. The van der Waals surface area contributed by atoms with E-state index in [1.165, 1.54) is 0 Å². The largest absolute Gasteiger partial charge is 0.480 e. The van der Waals surface area contributed by atoms with Crippen LogP contribution in [0.2, 0.25) is 0 Å². The first kappa shape index (κ1) is 16.6. The van der Waals surface area contributed by atoms with Crippen LogP contribution in [-0.4, -0.2) is 64.9 Å². The summed E-state index contributed by atoms with van der Waals surface area (Å²) in [5, 5.41) is 12.5. The number of hydrogen-bond donors (Lipinski definition) is 2. The van der Waals surface area contributed by atoms with Gasteiger partial charge in [0.25, 0.3) is 0 Å². The van der Waals surface area contributed by atoms with Crippen molar-refractivity contribution in [1.82, 2.24) is 10.2 Å². The summed E-state index contributed by atoms with van der Waals surface area (Å²) < 4.78 is 5.74. The van der Waals surface area contributed by atoms with Gasteiger partial charge in [-0.15, -0.1) is 11.8 Å². The van der Waals surface area contributed by atoms with E-state index in [0.717, 1.165) is 32.4 Å². The lowest BCUT2D eigenvalue weighted by Gasteiger charge is -2.27. The van der Waals surface area contributed by atoms with Crippen LogP contribution in [0.4, 0.5) is 0 Å². The fourth-order valence-corrected chi connectivity index (χ4v) is 4.18. The summed E-state index contributed by atoms with van der Waals surface area (Å²) >= 11 is 1.55. The molecule has 21 heavy (non-hydrogen) atoms. The van der Waals surface area contributed by atoms with Crippen LogP contribution in [0.25, 0.3) is 0 Å². The third-order valence-corrected chi connectivity index (χ3v) is 5.42. The zero-order chi connectivity index (χ0) is 15.2. The Morgan fingerprint density at radius 1 is 1.38 bits per heavy atom. The number of amides is 1. The average Bonchev–Trinajstić information content (AvgIpc) is 2.92. The number of carbonyl (C=O) groups excluding carboxylic acids is 1. The van der Waals surface area contributed by atoms with E-state index in [4.69, 9.17) is 4.74 Å². The zero-order valence-electron chi connectivity index (χ0n) is 12.4. The molecule has 0 aliphatic carbocycles. The van der Waals surface area contributed by atoms with Crippen molar-refractivity contribution < 1.29 is 19.4 Å². The molecule has 0 saturated carbocycles.